The molecule has 3 aromatic rings. The van der Waals surface area contributed by atoms with E-state index in [-0.39, 0.29) is 11.7 Å². The van der Waals surface area contributed by atoms with E-state index in [0.717, 1.165) is 33.8 Å². The van der Waals surface area contributed by atoms with Crippen LogP contribution in [0.15, 0.2) is 107 Å². The zero-order valence-electron chi connectivity index (χ0n) is 20.5. The van der Waals surface area contributed by atoms with Gasteiger partial charge in [0.05, 0.1) is 12.7 Å². The van der Waals surface area contributed by atoms with Gasteiger partial charge in [0.25, 0.3) is 0 Å². The molecule has 36 heavy (non-hydrogen) atoms. The molecule has 1 aliphatic heterocycles. The van der Waals surface area contributed by atoms with Crippen LogP contribution in [0.5, 0.6) is 5.75 Å². The summed E-state index contributed by atoms with van der Waals surface area (Å²) in [5.41, 5.74) is 5.84. The quantitative estimate of drug-likeness (QED) is 0.453. The third-order valence-electron chi connectivity index (χ3n) is 6.97. The minimum Gasteiger partial charge on any atom is -0.489 e. The van der Waals surface area contributed by atoms with Crippen LogP contribution in [0.4, 0.5) is 0 Å². The Morgan fingerprint density at radius 2 is 1.56 bits per heavy atom. The van der Waals surface area contributed by atoms with Gasteiger partial charge in [-0.2, -0.15) is 0 Å². The van der Waals surface area contributed by atoms with E-state index in [4.69, 9.17) is 9.47 Å². The second-order valence-corrected chi connectivity index (χ2v) is 9.26. The number of carbonyl (C=O) groups excluding carboxylic acids is 2. The van der Waals surface area contributed by atoms with Gasteiger partial charge in [-0.15, -0.1) is 0 Å². The number of methoxy groups -OCH3 is 1. The average molecular weight is 480 g/mol. The zero-order valence-corrected chi connectivity index (χ0v) is 20.5. The Morgan fingerprint density at radius 1 is 0.889 bits per heavy atom. The van der Waals surface area contributed by atoms with Crippen molar-refractivity contribution in [2.45, 2.75) is 38.2 Å². The van der Waals surface area contributed by atoms with Crippen molar-refractivity contribution >= 4 is 11.8 Å². The number of dihydropyridines is 1. The largest absolute Gasteiger partial charge is 0.489 e. The lowest BCUT2D eigenvalue weighted by molar-refractivity contribution is -0.136. The minimum atomic E-state index is -0.485. The molecule has 0 radical (unpaired) electrons. The monoisotopic (exact) mass is 479 g/mol. The van der Waals surface area contributed by atoms with Crippen LogP contribution in [0.2, 0.25) is 0 Å². The van der Waals surface area contributed by atoms with Gasteiger partial charge < -0.3 is 14.8 Å². The summed E-state index contributed by atoms with van der Waals surface area (Å²) in [4.78, 5) is 26.5. The van der Waals surface area contributed by atoms with Gasteiger partial charge in [0.15, 0.2) is 5.78 Å². The first-order valence-corrected chi connectivity index (χ1v) is 12.2. The molecule has 0 amide bonds. The van der Waals surface area contributed by atoms with Crippen LogP contribution < -0.4 is 10.1 Å². The van der Waals surface area contributed by atoms with Crippen molar-refractivity contribution < 1.29 is 19.1 Å². The maximum atomic E-state index is 13.6. The van der Waals surface area contributed by atoms with Crippen LogP contribution in [0, 0.1) is 0 Å². The van der Waals surface area contributed by atoms with Gasteiger partial charge >= 0.3 is 5.97 Å². The molecule has 3 aromatic carbocycles. The highest BCUT2D eigenvalue weighted by Crippen LogP contribution is 2.45. The summed E-state index contributed by atoms with van der Waals surface area (Å²) in [6.07, 6.45) is 1.12. The van der Waals surface area contributed by atoms with Crippen LogP contribution in [0.25, 0.3) is 0 Å². The van der Waals surface area contributed by atoms with E-state index in [0.29, 0.717) is 30.6 Å². The smallest absolute Gasteiger partial charge is 0.336 e. The molecule has 0 saturated heterocycles. The van der Waals surface area contributed by atoms with E-state index >= 15 is 0 Å². The molecule has 0 saturated carbocycles. The van der Waals surface area contributed by atoms with Crippen LogP contribution in [0.1, 0.15) is 48.3 Å². The summed E-state index contributed by atoms with van der Waals surface area (Å²) in [7, 11) is 1.37. The van der Waals surface area contributed by atoms with Crippen molar-refractivity contribution in [3.63, 3.8) is 0 Å². The van der Waals surface area contributed by atoms with Crippen LogP contribution in [-0.4, -0.2) is 18.9 Å². The molecule has 1 N–H and O–H groups in total. The predicted octanol–water partition coefficient (Wildman–Crippen LogP) is 5.80. The van der Waals surface area contributed by atoms with Gasteiger partial charge in [-0.25, -0.2) is 4.79 Å². The highest BCUT2D eigenvalue weighted by atomic mass is 16.5. The maximum absolute atomic E-state index is 13.6. The molecule has 5 nitrogen and oxygen atoms in total. The molecule has 0 aromatic heterocycles. The van der Waals surface area contributed by atoms with Crippen molar-refractivity contribution in [1.29, 1.82) is 0 Å². The summed E-state index contributed by atoms with van der Waals surface area (Å²) in [6.45, 7) is 2.34. The first-order valence-electron chi connectivity index (χ1n) is 12.2. The molecule has 2 atom stereocenters. The number of carbonyl (C=O) groups is 2. The van der Waals surface area contributed by atoms with Gasteiger partial charge in [0.2, 0.25) is 0 Å². The third-order valence-corrected chi connectivity index (χ3v) is 6.97. The van der Waals surface area contributed by atoms with Gasteiger partial charge in [0.1, 0.15) is 12.4 Å². The first kappa shape index (κ1) is 23.6. The lowest BCUT2D eigenvalue weighted by Gasteiger charge is -2.36. The van der Waals surface area contributed by atoms with Crippen molar-refractivity contribution in [3.05, 3.63) is 124 Å². The summed E-state index contributed by atoms with van der Waals surface area (Å²) >= 11 is 0. The van der Waals surface area contributed by atoms with E-state index in [1.807, 2.05) is 79.7 Å². The van der Waals surface area contributed by atoms with Gasteiger partial charge in [-0.3, -0.25) is 4.79 Å². The molecule has 5 rings (SSSR count). The number of benzene rings is 3. The van der Waals surface area contributed by atoms with E-state index in [2.05, 4.69) is 17.4 Å². The predicted molar refractivity (Wildman–Crippen MR) is 138 cm³/mol. The zero-order chi connectivity index (χ0) is 25.1. The first-order chi connectivity index (χ1) is 17.5. The number of hydrogen-bond donors (Lipinski definition) is 1. The minimum absolute atomic E-state index is 0.0564. The second kappa shape index (κ2) is 10.2. The Balaban J connectivity index is 1.47. The Morgan fingerprint density at radius 3 is 2.22 bits per heavy atom. The summed E-state index contributed by atoms with van der Waals surface area (Å²) < 4.78 is 11.1. The lowest BCUT2D eigenvalue weighted by atomic mass is 9.72. The van der Waals surface area contributed by atoms with E-state index < -0.39 is 11.9 Å². The standard InChI is InChI=1S/C31H29NO4/c1-20-28(31(34)35-2)29(23-13-15-25(16-14-23)36-19-21-9-5-3-6-10-21)30-26(32-20)17-24(18-27(30)33)22-11-7-4-8-12-22/h3-16,24,29,32H,17-19H2,1-2H3/t24-,29-/m0/s1. The molecular weight excluding hydrogens is 450 g/mol. The molecule has 0 spiro atoms. The van der Waals surface area contributed by atoms with E-state index in [1.54, 1.807) is 0 Å². The Hall–Kier alpha value is -4.12. The maximum Gasteiger partial charge on any atom is 0.336 e. The van der Waals surface area contributed by atoms with Gasteiger partial charge in [0, 0.05) is 29.3 Å². The second-order valence-electron chi connectivity index (χ2n) is 9.26. The molecule has 2 aliphatic rings. The van der Waals surface area contributed by atoms with E-state index in [1.165, 1.54) is 7.11 Å². The number of nitrogens with one attached hydrogen (secondary N) is 1. The molecule has 5 heteroatoms. The molecular formula is C31H29NO4. The lowest BCUT2D eigenvalue weighted by Crippen LogP contribution is -2.36. The summed E-state index contributed by atoms with van der Waals surface area (Å²) in [5.74, 6) is -0.0297. The molecule has 0 unspecified atom stereocenters. The highest BCUT2D eigenvalue weighted by molar-refractivity contribution is 6.04. The summed E-state index contributed by atoms with van der Waals surface area (Å²) in [6, 6.07) is 27.8. The number of rotatable bonds is 6. The third kappa shape index (κ3) is 4.69. The number of ether oxygens (including phenoxy) is 2. The van der Waals surface area contributed by atoms with Crippen LogP contribution >= 0.6 is 0 Å². The molecule has 1 aliphatic carbocycles. The van der Waals surface area contributed by atoms with Gasteiger partial charge in [-0.1, -0.05) is 72.8 Å². The van der Waals surface area contributed by atoms with Crippen molar-refractivity contribution in [1.82, 2.24) is 5.32 Å². The number of allylic oxidation sites excluding steroid dienone is 3. The fourth-order valence-corrected chi connectivity index (χ4v) is 5.21. The van der Waals surface area contributed by atoms with Crippen molar-refractivity contribution in [3.8, 4) is 5.75 Å². The molecule has 0 fully saturated rings. The molecule has 1 heterocycles. The Bertz CT molecular complexity index is 1320. The van der Waals surface area contributed by atoms with E-state index in [9.17, 15) is 9.59 Å². The topological polar surface area (TPSA) is 64.6 Å². The van der Waals surface area contributed by atoms with Crippen molar-refractivity contribution in [2.75, 3.05) is 7.11 Å². The average Bonchev–Trinajstić information content (AvgIpc) is 2.92. The van der Waals surface area contributed by atoms with Crippen molar-refractivity contribution in [2.24, 2.45) is 0 Å². The number of ketones is 1. The summed E-state index contributed by atoms with van der Waals surface area (Å²) in [5, 5.41) is 3.38. The molecule has 182 valence electrons. The number of Topliss-reactive ketones (excluding diaryl/α,β-unsaturated/α-hetero) is 1. The number of hydrogen-bond acceptors (Lipinski definition) is 5. The Kier molecular flexibility index (Phi) is 6.72. The fraction of sp³-hybridized carbons (Fsp3) is 0.226. The van der Waals surface area contributed by atoms with Gasteiger partial charge in [-0.05, 0) is 48.1 Å². The van der Waals surface area contributed by atoms with Crippen LogP contribution in [-0.2, 0) is 20.9 Å². The Labute approximate surface area is 211 Å². The van der Waals surface area contributed by atoms with Crippen LogP contribution in [0.3, 0.4) is 0 Å². The fourth-order valence-electron chi connectivity index (χ4n) is 5.21. The molecule has 0 bridgehead atoms. The SMILES string of the molecule is COC(=O)C1=C(C)NC2=C(C(=O)C[C@@H](c3ccccc3)C2)[C@H]1c1ccc(OCc2ccccc2)cc1. The normalized spacial score (nSPS) is 19.4. The highest BCUT2D eigenvalue weighted by Gasteiger charge is 2.41. The number of esters is 1.